The number of carbonyl (C=O) groups is 2. The molecule has 4 aromatic heterocycles. The Morgan fingerprint density at radius 1 is 0.617 bits per heavy atom. The number of amides is 2. The minimum atomic E-state index is -3.58. The van der Waals surface area contributed by atoms with Crippen molar-refractivity contribution in [2.24, 2.45) is 0 Å². The van der Waals surface area contributed by atoms with Crippen molar-refractivity contribution in [2.75, 3.05) is 65.0 Å². The number of nitrogens with zero attached hydrogens (tertiary/aromatic N) is 8. The molecule has 4 heterocycles. The molecule has 4 N–H and O–H groups in total. The number of imidazole rings is 2. The summed E-state index contributed by atoms with van der Waals surface area (Å²) in [6.45, 7) is 8.41. The van der Waals surface area contributed by atoms with Gasteiger partial charge in [-0.2, -0.15) is 10.2 Å². The fourth-order valence-electron chi connectivity index (χ4n) is 6.02. The fraction of sp³-hybridized carbons (Fsp3) is 0.316. The van der Waals surface area contributed by atoms with E-state index in [0.29, 0.717) is 82.8 Å². The second-order valence-electron chi connectivity index (χ2n) is 13.8. The van der Waals surface area contributed by atoms with Crippen LogP contribution in [0.1, 0.15) is 25.2 Å². The second-order valence-corrected chi connectivity index (χ2v) is 18.9. The van der Waals surface area contributed by atoms with Crippen LogP contribution in [-0.4, -0.2) is 121 Å². The largest absolute Gasteiger partial charge is 0.380 e. The molecule has 0 aliphatic heterocycles. The number of aryl methyl sites for hydroxylation is 2. The number of rotatable bonds is 14. The number of anilines is 2. The van der Waals surface area contributed by atoms with Gasteiger partial charge in [0.05, 0.1) is 43.9 Å². The van der Waals surface area contributed by atoms with Gasteiger partial charge in [0.1, 0.15) is 0 Å². The van der Waals surface area contributed by atoms with E-state index in [2.05, 4.69) is 41.4 Å². The van der Waals surface area contributed by atoms with E-state index in [4.69, 9.17) is 23.2 Å². The lowest BCUT2D eigenvalue weighted by molar-refractivity contribution is -0.119. The van der Waals surface area contributed by atoms with Gasteiger partial charge in [-0.25, -0.2) is 44.4 Å². The van der Waals surface area contributed by atoms with Crippen molar-refractivity contribution in [2.45, 2.75) is 37.5 Å². The van der Waals surface area contributed by atoms with E-state index < -0.39 is 20.0 Å². The molecule has 0 unspecified atom stereocenters. The molecule has 0 spiro atoms. The molecule has 0 saturated carbocycles. The Labute approximate surface area is 358 Å². The topological polar surface area (TPSA) is 217 Å². The molecule has 0 aliphatic rings. The van der Waals surface area contributed by atoms with E-state index in [1.165, 1.54) is 50.6 Å². The van der Waals surface area contributed by atoms with E-state index >= 15 is 0 Å². The van der Waals surface area contributed by atoms with Crippen molar-refractivity contribution in [1.29, 1.82) is 0 Å². The van der Waals surface area contributed by atoms with Gasteiger partial charge >= 0.3 is 0 Å². The summed E-state index contributed by atoms with van der Waals surface area (Å²) in [5, 5.41) is 21.1. The Bertz CT molecular complexity index is 2600. The number of hydrogen-bond acceptors (Lipinski definition) is 12. The first-order valence-corrected chi connectivity index (χ1v) is 22.0. The third-order valence-corrected chi connectivity index (χ3v) is 12.8. The maximum atomic E-state index is 12.5. The first-order chi connectivity index (χ1) is 28.2. The molecule has 0 fully saturated rings. The van der Waals surface area contributed by atoms with Gasteiger partial charge in [0.2, 0.25) is 31.9 Å². The lowest BCUT2D eigenvalue weighted by atomic mass is 10.1. The van der Waals surface area contributed by atoms with Gasteiger partial charge in [-0.1, -0.05) is 47.5 Å². The molecule has 0 bridgehead atoms. The van der Waals surface area contributed by atoms with Crippen LogP contribution in [0.4, 0.5) is 11.4 Å². The molecule has 0 aliphatic carbocycles. The number of sulfonamides is 2. The van der Waals surface area contributed by atoms with Gasteiger partial charge in [0, 0.05) is 91.5 Å². The number of nitrogens with one attached hydrogen (secondary N) is 4. The molecule has 0 atom stereocenters. The van der Waals surface area contributed by atoms with Crippen LogP contribution in [0.2, 0.25) is 10.3 Å². The zero-order valence-corrected chi connectivity index (χ0v) is 37.3. The highest BCUT2D eigenvalue weighted by Gasteiger charge is 2.23. The number of halogens is 2. The van der Waals surface area contributed by atoms with Crippen molar-refractivity contribution in [3.8, 4) is 22.5 Å². The van der Waals surface area contributed by atoms with Gasteiger partial charge in [-0.05, 0) is 38.1 Å². The summed E-state index contributed by atoms with van der Waals surface area (Å²) in [6, 6.07) is 16.6. The molecule has 6 aromatic rings. The highest BCUT2D eigenvalue weighted by Crippen LogP contribution is 2.32. The first kappa shape index (κ1) is 45.7. The number of fused-ring (bicyclic) bond motifs is 2. The summed E-state index contributed by atoms with van der Waals surface area (Å²) >= 11 is 12.5. The molecule has 0 radical (unpaired) electrons. The molecule has 22 heteroatoms. The van der Waals surface area contributed by atoms with E-state index in [1.54, 1.807) is 69.7 Å². The summed E-state index contributed by atoms with van der Waals surface area (Å²) in [7, 11) is -1.22. The van der Waals surface area contributed by atoms with Gasteiger partial charge in [0.25, 0.3) is 0 Å². The lowest BCUT2D eigenvalue weighted by Crippen LogP contribution is -2.26. The van der Waals surface area contributed by atoms with E-state index in [1.807, 2.05) is 13.8 Å². The van der Waals surface area contributed by atoms with E-state index in [-0.39, 0.29) is 31.9 Å². The van der Waals surface area contributed by atoms with Gasteiger partial charge < -0.3 is 21.3 Å². The lowest BCUT2D eigenvalue weighted by Gasteiger charge is -2.13. The first-order valence-electron chi connectivity index (χ1n) is 18.4. The smallest absolute Gasteiger partial charge is 0.242 e. The van der Waals surface area contributed by atoms with Crippen molar-refractivity contribution in [3.63, 3.8) is 0 Å². The quantitative estimate of drug-likeness (QED) is 0.113. The number of carbonyl (C=O) groups excluding carboxylic acids is 2. The van der Waals surface area contributed by atoms with Crippen molar-refractivity contribution >= 4 is 77.7 Å². The van der Waals surface area contributed by atoms with Crippen molar-refractivity contribution in [1.82, 2.24) is 48.4 Å². The predicted molar refractivity (Wildman–Crippen MR) is 232 cm³/mol. The molecular weight excluding hydrogens is 856 g/mol. The summed E-state index contributed by atoms with van der Waals surface area (Å²) in [5.41, 5.74) is 6.37. The molecule has 60 heavy (non-hydrogen) atoms. The maximum Gasteiger partial charge on any atom is 0.242 e. The Kier molecular flexibility index (Phi) is 14.4. The molecule has 320 valence electrons. The third-order valence-electron chi connectivity index (χ3n) is 8.86. The average Bonchev–Trinajstić information content (AvgIpc) is 3.69. The number of benzene rings is 2. The molecule has 18 nitrogen and oxygen atoms in total. The zero-order valence-electron chi connectivity index (χ0n) is 34.2. The standard InChI is InChI=1S/2C19H23ClN6O3S/c2*1-12-18(14-6-5-7-15(10-14)30(28,29)25(3)4)26-19(23-12)16(11-17(20)24-26)22-9-8-21-13(2)27/h2*5-7,10-11,22H,8-9H2,1-4H3,(H,21,27). The summed E-state index contributed by atoms with van der Waals surface area (Å²) in [5.74, 6) is -0.220. The second kappa shape index (κ2) is 18.9. The molecule has 2 aromatic carbocycles. The summed E-state index contributed by atoms with van der Waals surface area (Å²) in [6.07, 6.45) is 0. The van der Waals surface area contributed by atoms with Crippen molar-refractivity contribution in [3.05, 3.63) is 82.4 Å². The molecule has 0 saturated heterocycles. The minimum absolute atomic E-state index is 0.110. The van der Waals surface area contributed by atoms with Crippen LogP contribution in [0.25, 0.3) is 33.8 Å². The fourth-order valence-corrected chi connectivity index (χ4v) is 8.28. The van der Waals surface area contributed by atoms with Crippen LogP contribution < -0.4 is 21.3 Å². The Morgan fingerprint density at radius 2 is 0.983 bits per heavy atom. The van der Waals surface area contributed by atoms with Gasteiger partial charge in [0.15, 0.2) is 21.6 Å². The van der Waals surface area contributed by atoms with Crippen LogP contribution in [0.5, 0.6) is 0 Å². The van der Waals surface area contributed by atoms with Crippen LogP contribution in [0.15, 0.2) is 70.5 Å². The van der Waals surface area contributed by atoms with Gasteiger partial charge in [-0.3, -0.25) is 9.59 Å². The Hall–Kier alpha value is -5.38. The third kappa shape index (κ3) is 10.3. The summed E-state index contributed by atoms with van der Waals surface area (Å²) < 4.78 is 55.7. The van der Waals surface area contributed by atoms with Crippen LogP contribution in [-0.2, 0) is 29.6 Å². The number of aromatic nitrogens is 6. The monoisotopic (exact) mass is 900 g/mol. The maximum absolute atomic E-state index is 12.5. The van der Waals surface area contributed by atoms with Crippen molar-refractivity contribution < 1.29 is 26.4 Å². The van der Waals surface area contributed by atoms with Crippen LogP contribution >= 0.6 is 23.2 Å². The molecular formula is C38H46Cl2N12O6S2. The number of hydrogen-bond donors (Lipinski definition) is 4. The highest BCUT2D eigenvalue weighted by molar-refractivity contribution is 7.89. The zero-order chi connectivity index (χ0) is 44.1. The van der Waals surface area contributed by atoms with E-state index in [0.717, 1.165) is 0 Å². The predicted octanol–water partition coefficient (Wildman–Crippen LogP) is 4.31. The summed E-state index contributed by atoms with van der Waals surface area (Å²) in [4.78, 5) is 31.6. The molecule has 2 amide bonds. The van der Waals surface area contributed by atoms with Crippen LogP contribution in [0.3, 0.4) is 0 Å². The van der Waals surface area contributed by atoms with E-state index in [9.17, 15) is 26.4 Å². The Balaban J connectivity index is 0.000000228. The van der Waals surface area contributed by atoms with Crippen LogP contribution in [0, 0.1) is 13.8 Å². The SMILES string of the molecule is CC(=O)NCCNc1cc(Cl)nn2c(-c3cccc(S(=O)(=O)N(C)C)c3)c(C)nc12.CC(=O)NCCNc1cc(Cl)nn2c(-c3cccc(S(=O)(=O)N(C)C)c3)c(C)nc12. The normalized spacial score (nSPS) is 11.8. The average molecular weight is 902 g/mol. The Morgan fingerprint density at radius 3 is 1.32 bits per heavy atom. The minimum Gasteiger partial charge on any atom is -0.380 e. The molecule has 6 rings (SSSR count). The highest BCUT2D eigenvalue weighted by atomic mass is 35.5. The van der Waals surface area contributed by atoms with Gasteiger partial charge in [-0.15, -0.1) is 0 Å².